The number of fused-ring (bicyclic) bond motifs is 1. The third kappa shape index (κ3) is 1.46. The second-order valence-electron chi connectivity index (χ2n) is 3.97. The summed E-state index contributed by atoms with van der Waals surface area (Å²) in [7, 11) is 0.406. The summed E-state index contributed by atoms with van der Waals surface area (Å²) in [6, 6.07) is 0. The standard InChI is InChI=1S/C11H16SSi/c1-8-5-10-7-9(2)12(13(3)4)11(10)6-8/h5-7,9H,1-4H3. The summed E-state index contributed by atoms with van der Waals surface area (Å²) >= 11 is 0. The van der Waals surface area contributed by atoms with Gasteiger partial charge in [-0.2, -0.15) is 9.89 Å². The van der Waals surface area contributed by atoms with Gasteiger partial charge in [0, 0.05) is 17.7 Å². The highest BCUT2D eigenvalue weighted by atomic mass is 32.3. The molecule has 0 fully saturated rings. The molecule has 0 saturated carbocycles. The van der Waals surface area contributed by atoms with Gasteiger partial charge in [0.2, 0.25) is 0 Å². The average Bonchev–Trinajstić information content (AvgIpc) is 2.41. The Hall–Kier alpha value is -0.213. The molecule has 13 heavy (non-hydrogen) atoms. The van der Waals surface area contributed by atoms with Crippen molar-refractivity contribution in [3.05, 3.63) is 34.3 Å². The fourth-order valence-corrected chi connectivity index (χ4v) is 8.93. The van der Waals surface area contributed by atoms with Crippen molar-refractivity contribution in [2.75, 3.05) is 0 Å². The van der Waals surface area contributed by atoms with Crippen LogP contribution >= 0.6 is 9.89 Å². The molecule has 1 heterocycles. The Balaban J connectivity index is 2.53. The topological polar surface area (TPSA) is 0 Å². The van der Waals surface area contributed by atoms with Gasteiger partial charge in [-0.05, 0) is 24.1 Å². The summed E-state index contributed by atoms with van der Waals surface area (Å²) in [4.78, 5) is 1.66. The third-order valence-electron chi connectivity index (χ3n) is 2.49. The summed E-state index contributed by atoms with van der Waals surface area (Å²) in [6.07, 6.45) is 7.20. The van der Waals surface area contributed by atoms with Crippen molar-refractivity contribution in [2.45, 2.75) is 32.2 Å². The summed E-state index contributed by atoms with van der Waals surface area (Å²) < 4.78 is 0. The molecule has 0 aromatic carbocycles. The number of rotatable bonds is 0. The minimum absolute atomic E-state index is 0.163. The van der Waals surface area contributed by atoms with E-state index in [1.807, 2.05) is 0 Å². The summed E-state index contributed by atoms with van der Waals surface area (Å²) in [5.74, 6) is 0. The SMILES string of the molecule is CC1=CC2=CC(C)S(=[Si](C)C)C2=C1. The van der Waals surface area contributed by atoms with Gasteiger partial charge < -0.3 is 0 Å². The van der Waals surface area contributed by atoms with Crippen LogP contribution in [0.4, 0.5) is 0 Å². The van der Waals surface area contributed by atoms with Crippen molar-refractivity contribution in [1.29, 1.82) is 0 Å². The van der Waals surface area contributed by atoms with Gasteiger partial charge in [0.1, 0.15) is 0 Å². The van der Waals surface area contributed by atoms with Crippen molar-refractivity contribution < 1.29 is 0 Å². The average molecular weight is 208 g/mol. The highest BCUT2D eigenvalue weighted by Gasteiger charge is 2.24. The second-order valence-corrected chi connectivity index (χ2v) is 11.4. The van der Waals surface area contributed by atoms with E-state index in [2.05, 4.69) is 45.2 Å². The maximum Gasteiger partial charge on any atom is 0.0424 e. The van der Waals surface area contributed by atoms with Crippen LogP contribution in [-0.4, -0.2) is 12.8 Å². The molecule has 2 rings (SSSR count). The molecular weight excluding hydrogens is 192 g/mol. The normalized spacial score (nSPS) is 30.9. The molecule has 1 aliphatic carbocycles. The lowest BCUT2D eigenvalue weighted by atomic mass is 10.2. The van der Waals surface area contributed by atoms with E-state index in [1.165, 1.54) is 11.1 Å². The molecule has 0 N–H and O–H groups in total. The lowest BCUT2D eigenvalue weighted by Crippen LogP contribution is -1.95. The van der Waals surface area contributed by atoms with Gasteiger partial charge in [-0.3, -0.25) is 0 Å². The smallest absolute Gasteiger partial charge is 0.0424 e. The predicted molar refractivity (Wildman–Crippen MR) is 64.5 cm³/mol. The fraction of sp³-hybridized carbons (Fsp3) is 0.455. The van der Waals surface area contributed by atoms with Crippen molar-refractivity contribution in [3.63, 3.8) is 0 Å². The number of hydrogen-bond donors (Lipinski definition) is 0. The second kappa shape index (κ2) is 3.17. The van der Waals surface area contributed by atoms with Gasteiger partial charge >= 0.3 is 0 Å². The molecule has 0 nitrogen and oxygen atoms in total. The van der Waals surface area contributed by atoms with E-state index in [0.717, 1.165) is 5.25 Å². The molecule has 2 atom stereocenters. The Labute approximate surface area is 84.1 Å². The highest BCUT2D eigenvalue weighted by Crippen LogP contribution is 2.47. The molecular formula is C11H16SSi. The lowest BCUT2D eigenvalue weighted by Gasteiger charge is -2.11. The van der Waals surface area contributed by atoms with Gasteiger partial charge in [0.25, 0.3) is 0 Å². The largest absolute Gasteiger partial charge is 0.175 e. The molecule has 0 radical (unpaired) electrons. The van der Waals surface area contributed by atoms with E-state index in [1.54, 1.807) is 4.91 Å². The van der Waals surface area contributed by atoms with Crippen molar-refractivity contribution >= 4 is 17.4 Å². The molecule has 2 aliphatic rings. The van der Waals surface area contributed by atoms with Gasteiger partial charge in [-0.15, -0.1) is 0 Å². The molecule has 2 heteroatoms. The van der Waals surface area contributed by atoms with Crippen molar-refractivity contribution in [3.8, 4) is 0 Å². The van der Waals surface area contributed by atoms with Crippen LogP contribution < -0.4 is 0 Å². The Bertz CT molecular complexity index is 379. The van der Waals surface area contributed by atoms with Crippen LogP contribution in [0.2, 0.25) is 13.1 Å². The minimum Gasteiger partial charge on any atom is -0.175 e. The molecule has 0 aromatic rings. The quantitative estimate of drug-likeness (QED) is 0.533. The van der Waals surface area contributed by atoms with Crippen molar-refractivity contribution in [1.82, 2.24) is 0 Å². The molecule has 0 saturated heterocycles. The molecule has 70 valence electrons. The number of hydrogen-bond acceptors (Lipinski definition) is 0. The van der Waals surface area contributed by atoms with E-state index < -0.39 is 0 Å². The van der Waals surface area contributed by atoms with Gasteiger partial charge in [0.05, 0.1) is 0 Å². The Morgan fingerprint density at radius 3 is 2.62 bits per heavy atom. The first-order valence-corrected chi connectivity index (χ1v) is 9.26. The van der Waals surface area contributed by atoms with Crippen LogP contribution in [0.3, 0.4) is 0 Å². The number of allylic oxidation sites excluding steroid dienone is 4. The molecule has 2 unspecified atom stereocenters. The van der Waals surface area contributed by atoms with Crippen LogP contribution in [0, 0.1) is 0 Å². The fourth-order valence-electron chi connectivity index (χ4n) is 2.08. The zero-order valence-electron chi connectivity index (χ0n) is 8.72. The van der Waals surface area contributed by atoms with Crippen LogP contribution in [0.25, 0.3) is 0 Å². The molecule has 0 aromatic heterocycles. The summed E-state index contributed by atoms with van der Waals surface area (Å²) in [5.41, 5.74) is 2.97. The van der Waals surface area contributed by atoms with E-state index in [9.17, 15) is 0 Å². The molecule has 0 amide bonds. The van der Waals surface area contributed by atoms with Crippen molar-refractivity contribution in [2.24, 2.45) is 0 Å². The lowest BCUT2D eigenvalue weighted by molar-refractivity contribution is 1.26. The monoisotopic (exact) mass is 208 g/mol. The Morgan fingerprint density at radius 2 is 2.00 bits per heavy atom. The first-order valence-electron chi connectivity index (χ1n) is 4.75. The van der Waals surface area contributed by atoms with Crippen LogP contribution in [-0.2, 0) is 0 Å². The van der Waals surface area contributed by atoms with Gasteiger partial charge in [-0.1, -0.05) is 32.2 Å². The Morgan fingerprint density at radius 1 is 1.31 bits per heavy atom. The Kier molecular flexibility index (Phi) is 2.28. The van der Waals surface area contributed by atoms with Gasteiger partial charge in [0.15, 0.2) is 0 Å². The van der Waals surface area contributed by atoms with E-state index in [0.29, 0.717) is 9.89 Å². The summed E-state index contributed by atoms with van der Waals surface area (Å²) in [6.45, 7) is 9.46. The van der Waals surface area contributed by atoms with Gasteiger partial charge in [-0.25, -0.2) is 0 Å². The molecule has 1 aliphatic heterocycles. The van der Waals surface area contributed by atoms with E-state index in [4.69, 9.17) is 0 Å². The summed E-state index contributed by atoms with van der Waals surface area (Å²) in [5, 5.41) is 0.800. The predicted octanol–water partition coefficient (Wildman–Crippen LogP) is 3.68. The maximum atomic E-state index is 2.46. The molecule has 0 spiro atoms. The maximum absolute atomic E-state index is 2.46. The van der Waals surface area contributed by atoms with E-state index in [-0.39, 0.29) is 7.50 Å². The highest BCUT2D eigenvalue weighted by molar-refractivity contribution is 8.25. The van der Waals surface area contributed by atoms with E-state index >= 15 is 0 Å². The zero-order chi connectivity index (χ0) is 9.59. The zero-order valence-corrected chi connectivity index (χ0v) is 10.5. The van der Waals surface area contributed by atoms with Crippen LogP contribution in [0.5, 0.6) is 0 Å². The molecule has 0 bridgehead atoms. The van der Waals surface area contributed by atoms with Crippen LogP contribution in [0.15, 0.2) is 34.3 Å². The first kappa shape index (κ1) is 9.35. The minimum atomic E-state index is -0.163. The third-order valence-corrected chi connectivity index (χ3v) is 9.49. The van der Waals surface area contributed by atoms with Crippen LogP contribution in [0.1, 0.15) is 13.8 Å². The first-order chi connectivity index (χ1) is 6.09.